The lowest BCUT2D eigenvalue weighted by molar-refractivity contribution is 0.0918. The van der Waals surface area contributed by atoms with E-state index in [1.807, 2.05) is 6.92 Å². The molecule has 0 N–H and O–H groups in total. The van der Waals surface area contributed by atoms with Gasteiger partial charge in [0.05, 0.1) is 10.5 Å². The van der Waals surface area contributed by atoms with E-state index in [9.17, 15) is 13.6 Å². The topological polar surface area (TPSA) is 17.1 Å². The minimum atomic E-state index is -0.623. The Labute approximate surface area is 90.9 Å². The summed E-state index contributed by atoms with van der Waals surface area (Å²) in [6.45, 7) is 3.59. The zero-order chi connectivity index (χ0) is 11.2. The summed E-state index contributed by atoms with van der Waals surface area (Å²) in [6, 6.07) is 2.08. The molecule has 4 heteroatoms. The molecule has 1 heterocycles. The number of thioether (sulfide) groups is 1. The highest BCUT2D eigenvalue weighted by Crippen LogP contribution is 2.40. The van der Waals surface area contributed by atoms with E-state index < -0.39 is 11.6 Å². The molecule has 15 heavy (non-hydrogen) atoms. The monoisotopic (exact) mass is 228 g/mol. The summed E-state index contributed by atoms with van der Waals surface area (Å²) in [6.07, 6.45) is 0. The van der Waals surface area contributed by atoms with Crippen LogP contribution in [0.25, 0.3) is 0 Å². The van der Waals surface area contributed by atoms with Gasteiger partial charge in [-0.05, 0) is 12.1 Å². The molecule has 0 radical (unpaired) electrons. The van der Waals surface area contributed by atoms with Gasteiger partial charge in [0.1, 0.15) is 11.6 Å². The Morgan fingerprint density at radius 2 is 1.80 bits per heavy atom. The second kappa shape index (κ2) is 3.59. The van der Waals surface area contributed by atoms with Crippen molar-refractivity contribution in [2.24, 2.45) is 5.92 Å². The van der Waals surface area contributed by atoms with Crippen LogP contribution >= 0.6 is 11.8 Å². The maximum absolute atomic E-state index is 13.4. The van der Waals surface area contributed by atoms with Gasteiger partial charge in [-0.3, -0.25) is 4.79 Å². The molecular formula is C11H10F2OS. The molecule has 2 rings (SSSR count). The van der Waals surface area contributed by atoms with E-state index in [0.29, 0.717) is 0 Å². The number of rotatable bonds is 0. The SMILES string of the molecule is CC1Sc2c(F)ccc(F)c2C(=O)C1C. The molecule has 2 unspecified atom stereocenters. The molecule has 0 saturated carbocycles. The Bertz CT molecular complexity index is 431. The molecule has 0 amide bonds. The highest BCUT2D eigenvalue weighted by Gasteiger charge is 2.34. The third-order valence-corrected chi connectivity index (χ3v) is 4.14. The van der Waals surface area contributed by atoms with Gasteiger partial charge in [-0.25, -0.2) is 8.78 Å². The average Bonchev–Trinajstić information content (AvgIpc) is 2.20. The molecule has 0 fully saturated rings. The Morgan fingerprint density at radius 3 is 2.47 bits per heavy atom. The molecular weight excluding hydrogens is 218 g/mol. The molecule has 0 aromatic heterocycles. The number of benzene rings is 1. The lowest BCUT2D eigenvalue weighted by Crippen LogP contribution is -2.27. The van der Waals surface area contributed by atoms with Gasteiger partial charge in [-0.15, -0.1) is 11.8 Å². The van der Waals surface area contributed by atoms with Crippen LogP contribution in [0.1, 0.15) is 24.2 Å². The highest BCUT2D eigenvalue weighted by molar-refractivity contribution is 8.00. The molecule has 0 saturated heterocycles. The van der Waals surface area contributed by atoms with Crippen LogP contribution in [0.15, 0.2) is 17.0 Å². The van der Waals surface area contributed by atoms with Crippen LogP contribution in [-0.2, 0) is 0 Å². The Balaban J connectivity index is 2.64. The largest absolute Gasteiger partial charge is 0.294 e. The first-order valence-corrected chi connectivity index (χ1v) is 5.59. The van der Waals surface area contributed by atoms with Gasteiger partial charge in [-0.1, -0.05) is 13.8 Å². The van der Waals surface area contributed by atoms with E-state index in [1.165, 1.54) is 11.8 Å². The fourth-order valence-electron chi connectivity index (χ4n) is 1.61. The number of Topliss-reactive ketones (excluding diaryl/α,β-unsaturated/α-hetero) is 1. The molecule has 2 atom stereocenters. The van der Waals surface area contributed by atoms with Crippen molar-refractivity contribution in [1.29, 1.82) is 0 Å². The summed E-state index contributed by atoms with van der Waals surface area (Å²) < 4.78 is 26.8. The van der Waals surface area contributed by atoms with Crippen molar-refractivity contribution in [3.63, 3.8) is 0 Å². The summed E-state index contributed by atoms with van der Waals surface area (Å²) in [4.78, 5) is 11.9. The fourth-order valence-corrected chi connectivity index (χ4v) is 2.80. The number of hydrogen-bond donors (Lipinski definition) is 0. The predicted molar refractivity (Wildman–Crippen MR) is 55.2 cm³/mol. The second-order valence-electron chi connectivity index (χ2n) is 3.71. The average molecular weight is 228 g/mol. The van der Waals surface area contributed by atoms with Crippen LogP contribution in [0.4, 0.5) is 8.78 Å². The summed E-state index contributed by atoms with van der Waals surface area (Å²) in [7, 11) is 0. The Morgan fingerprint density at radius 1 is 1.20 bits per heavy atom. The quantitative estimate of drug-likeness (QED) is 0.677. The zero-order valence-corrected chi connectivity index (χ0v) is 9.20. The van der Waals surface area contributed by atoms with Crippen molar-refractivity contribution in [3.05, 3.63) is 29.3 Å². The Kier molecular flexibility index (Phi) is 2.54. The van der Waals surface area contributed by atoms with Gasteiger partial charge in [-0.2, -0.15) is 0 Å². The van der Waals surface area contributed by atoms with Crippen molar-refractivity contribution in [2.45, 2.75) is 24.0 Å². The van der Waals surface area contributed by atoms with Crippen LogP contribution in [0.2, 0.25) is 0 Å². The van der Waals surface area contributed by atoms with E-state index in [2.05, 4.69) is 0 Å². The standard InChI is InChI=1S/C11H10F2OS/c1-5-6(2)15-11-8(13)4-3-7(12)9(11)10(5)14/h3-6H,1-2H3. The summed E-state index contributed by atoms with van der Waals surface area (Å²) in [5.74, 6) is -1.70. The third-order valence-electron chi connectivity index (χ3n) is 2.73. The van der Waals surface area contributed by atoms with Crippen molar-refractivity contribution in [3.8, 4) is 0 Å². The van der Waals surface area contributed by atoms with E-state index in [1.54, 1.807) is 6.92 Å². The van der Waals surface area contributed by atoms with Crippen molar-refractivity contribution >= 4 is 17.5 Å². The van der Waals surface area contributed by atoms with Crippen LogP contribution in [0, 0.1) is 17.6 Å². The van der Waals surface area contributed by atoms with Crippen LogP contribution in [0.3, 0.4) is 0 Å². The smallest absolute Gasteiger partial charge is 0.170 e. The van der Waals surface area contributed by atoms with Gasteiger partial charge in [0, 0.05) is 11.2 Å². The molecule has 0 aliphatic carbocycles. The summed E-state index contributed by atoms with van der Waals surface area (Å²) in [5.41, 5.74) is -0.0781. The zero-order valence-electron chi connectivity index (χ0n) is 8.38. The summed E-state index contributed by atoms with van der Waals surface area (Å²) in [5, 5.41) is -0.0127. The van der Waals surface area contributed by atoms with Crippen LogP contribution < -0.4 is 0 Å². The molecule has 1 aromatic carbocycles. The second-order valence-corrected chi connectivity index (χ2v) is 5.10. The number of carbonyl (C=O) groups is 1. The van der Waals surface area contributed by atoms with Gasteiger partial charge in [0.15, 0.2) is 5.78 Å². The van der Waals surface area contributed by atoms with Gasteiger partial charge in [0.2, 0.25) is 0 Å². The van der Waals surface area contributed by atoms with E-state index in [-0.39, 0.29) is 27.4 Å². The van der Waals surface area contributed by atoms with E-state index in [4.69, 9.17) is 0 Å². The fraction of sp³-hybridized carbons (Fsp3) is 0.364. The van der Waals surface area contributed by atoms with Crippen LogP contribution in [-0.4, -0.2) is 11.0 Å². The normalized spacial score (nSPS) is 25.2. The van der Waals surface area contributed by atoms with Gasteiger partial charge < -0.3 is 0 Å². The number of halogens is 2. The molecule has 1 nitrogen and oxygen atoms in total. The molecule has 80 valence electrons. The number of ketones is 1. The van der Waals surface area contributed by atoms with Crippen LogP contribution in [0.5, 0.6) is 0 Å². The number of fused-ring (bicyclic) bond motifs is 1. The molecule has 0 bridgehead atoms. The maximum atomic E-state index is 13.4. The third kappa shape index (κ3) is 1.57. The molecule has 1 aromatic rings. The highest BCUT2D eigenvalue weighted by atomic mass is 32.2. The first-order chi connectivity index (χ1) is 7.02. The maximum Gasteiger partial charge on any atom is 0.170 e. The van der Waals surface area contributed by atoms with Crippen molar-refractivity contribution < 1.29 is 13.6 Å². The minimum absolute atomic E-state index is 0.0127. The Hall–Kier alpha value is -0.900. The minimum Gasteiger partial charge on any atom is -0.294 e. The van der Waals surface area contributed by atoms with Gasteiger partial charge in [0.25, 0.3) is 0 Å². The lowest BCUT2D eigenvalue weighted by atomic mass is 9.95. The van der Waals surface area contributed by atoms with Crippen molar-refractivity contribution in [1.82, 2.24) is 0 Å². The lowest BCUT2D eigenvalue weighted by Gasteiger charge is -2.26. The number of carbonyl (C=O) groups excluding carboxylic acids is 1. The first-order valence-electron chi connectivity index (χ1n) is 4.71. The molecule has 1 aliphatic heterocycles. The van der Waals surface area contributed by atoms with E-state index >= 15 is 0 Å². The van der Waals surface area contributed by atoms with Crippen molar-refractivity contribution in [2.75, 3.05) is 0 Å². The molecule has 1 aliphatic rings. The molecule has 0 spiro atoms. The first kappa shape index (κ1) is 10.6. The van der Waals surface area contributed by atoms with Gasteiger partial charge >= 0.3 is 0 Å². The number of hydrogen-bond acceptors (Lipinski definition) is 2. The van der Waals surface area contributed by atoms with E-state index in [0.717, 1.165) is 12.1 Å². The predicted octanol–water partition coefficient (Wildman–Crippen LogP) is 3.28. The summed E-state index contributed by atoms with van der Waals surface area (Å²) >= 11 is 1.23.